The van der Waals surface area contributed by atoms with Crippen LogP contribution in [0.15, 0.2) is 34.9 Å². The third-order valence-electron chi connectivity index (χ3n) is 3.44. The van der Waals surface area contributed by atoms with Gasteiger partial charge in [-0.15, -0.1) is 0 Å². The van der Waals surface area contributed by atoms with E-state index in [4.69, 9.17) is 9.26 Å². The molecule has 0 unspecified atom stereocenters. The molecule has 0 N–H and O–H groups in total. The number of amides is 1. The van der Waals surface area contributed by atoms with E-state index < -0.39 is 11.9 Å². The summed E-state index contributed by atoms with van der Waals surface area (Å²) in [6, 6.07) is 9.27. The summed E-state index contributed by atoms with van der Waals surface area (Å²) in [5, 5.41) is 3.65. The predicted molar refractivity (Wildman–Crippen MR) is 75.7 cm³/mol. The number of aromatic nitrogens is 2. The van der Waals surface area contributed by atoms with Crippen LogP contribution in [0.2, 0.25) is 0 Å². The first-order valence-corrected chi connectivity index (χ1v) is 6.94. The number of benzene rings is 1. The molecular weight excluding hydrogens is 286 g/mol. The van der Waals surface area contributed by atoms with Gasteiger partial charge in [0.05, 0.1) is 5.92 Å². The normalized spacial score (nSPS) is 17.8. The summed E-state index contributed by atoms with van der Waals surface area (Å²) < 4.78 is 9.95. The van der Waals surface area contributed by atoms with E-state index in [9.17, 15) is 9.59 Å². The molecule has 1 aromatic carbocycles. The first-order chi connectivity index (χ1) is 10.6. The Morgan fingerprint density at radius 1 is 1.41 bits per heavy atom. The lowest BCUT2D eigenvalue weighted by Gasteiger charge is -2.16. The number of hydrogen-bond donors (Lipinski definition) is 0. The minimum Gasteiger partial charge on any atom is -0.457 e. The van der Waals surface area contributed by atoms with Crippen molar-refractivity contribution in [1.29, 1.82) is 0 Å². The first kappa shape index (κ1) is 14.2. The molecule has 0 saturated carbocycles. The molecular formula is C15H15N3O4. The van der Waals surface area contributed by atoms with Gasteiger partial charge in [-0.2, -0.15) is 4.98 Å². The first-order valence-electron chi connectivity index (χ1n) is 6.94. The molecule has 1 aromatic heterocycles. The third kappa shape index (κ3) is 2.98. The molecule has 1 fully saturated rings. The summed E-state index contributed by atoms with van der Waals surface area (Å²) in [5.41, 5.74) is 0.789. The highest BCUT2D eigenvalue weighted by Gasteiger charge is 2.36. The van der Waals surface area contributed by atoms with E-state index in [1.165, 1.54) is 0 Å². The molecule has 1 aliphatic rings. The van der Waals surface area contributed by atoms with Crippen molar-refractivity contribution in [1.82, 2.24) is 10.1 Å². The van der Waals surface area contributed by atoms with Gasteiger partial charge in [0.25, 0.3) is 0 Å². The monoisotopic (exact) mass is 301 g/mol. The van der Waals surface area contributed by atoms with Crippen molar-refractivity contribution < 1.29 is 18.8 Å². The fourth-order valence-corrected chi connectivity index (χ4v) is 2.38. The molecule has 7 heteroatoms. The van der Waals surface area contributed by atoms with Crippen molar-refractivity contribution in [2.45, 2.75) is 20.0 Å². The number of para-hydroxylation sites is 1. The third-order valence-corrected chi connectivity index (χ3v) is 3.44. The van der Waals surface area contributed by atoms with Crippen molar-refractivity contribution in [2.75, 3.05) is 11.4 Å². The van der Waals surface area contributed by atoms with Crippen LogP contribution in [0.25, 0.3) is 0 Å². The second kappa shape index (κ2) is 5.97. The van der Waals surface area contributed by atoms with Crippen molar-refractivity contribution in [2.24, 2.45) is 5.92 Å². The van der Waals surface area contributed by atoms with Crippen LogP contribution in [0, 0.1) is 12.8 Å². The van der Waals surface area contributed by atoms with Crippen LogP contribution >= 0.6 is 0 Å². The van der Waals surface area contributed by atoms with Gasteiger partial charge in [0, 0.05) is 25.6 Å². The topological polar surface area (TPSA) is 85.5 Å². The summed E-state index contributed by atoms with van der Waals surface area (Å²) in [6.07, 6.45) is 0.152. The molecule has 2 heterocycles. The summed E-state index contributed by atoms with van der Waals surface area (Å²) in [5.74, 6) is -0.245. The van der Waals surface area contributed by atoms with Crippen LogP contribution in [-0.4, -0.2) is 28.6 Å². The SMILES string of the molecule is Cc1nc(COC(=O)[C@@H]2CC(=O)N(c3ccccc3)C2)no1. The average Bonchev–Trinajstić information content (AvgIpc) is 3.12. The van der Waals surface area contributed by atoms with E-state index in [1.54, 1.807) is 11.8 Å². The number of rotatable bonds is 4. The van der Waals surface area contributed by atoms with Crippen molar-refractivity contribution >= 4 is 17.6 Å². The van der Waals surface area contributed by atoms with Crippen molar-refractivity contribution in [3.05, 3.63) is 42.0 Å². The van der Waals surface area contributed by atoms with E-state index in [0.29, 0.717) is 18.3 Å². The van der Waals surface area contributed by atoms with Gasteiger partial charge in [-0.25, -0.2) is 0 Å². The largest absolute Gasteiger partial charge is 0.457 e. The maximum Gasteiger partial charge on any atom is 0.311 e. The predicted octanol–water partition coefficient (Wildman–Crippen LogP) is 1.47. The van der Waals surface area contributed by atoms with Gasteiger partial charge in [0.15, 0.2) is 6.61 Å². The Labute approximate surface area is 126 Å². The second-order valence-electron chi connectivity index (χ2n) is 5.08. The molecule has 1 saturated heterocycles. The van der Waals surface area contributed by atoms with Crippen molar-refractivity contribution in [3.63, 3.8) is 0 Å². The van der Waals surface area contributed by atoms with E-state index in [1.807, 2.05) is 30.3 Å². The highest BCUT2D eigenvalue weighted by Crippen LogP contribution is 2.25. The molecule has 0 spiro atoms. The summed E-state index contributed by atoms with van der Waals surface area (Å²) in [7, 11) is 0. The Kier molecular flexibility index (Phi) is 3.86. The molecule has 22 heavy (non-hydrogen) atoms. The van der Waals surface area contributed by atoms with Gasteiger partial charge in [-0.1, -0.05) is 23.4 Å². The molecule has 114 valence electrons. The molecule has 1 atom stereocenters. The quantitative estimate of drug-likeness (QED) is 0.795. The number of nitrogens with zero attached hydrogens (tertiary/aromatic N) is 3. The number of anilines is 1. The highest BCUT2D eigenvalue weighted by molar-refractivity contribution is 5.99. The molecule has 7 nitrogen and oxygen atoms in total. The Balaban J connectivity index is 1.59. The lowest BCUT2D eigenvalue weighted by Crippen LogP contribution is -2.26. The summed E-state index contributed by atoms with van der Waals surface area (Å²) >= 11 is 0. The van der Waals surface area contributed by atoms with Crippen LogP contribution in [0.3, 0.4) is 0 Å². The Morgan fingerprint density at radius 3 is 2.86 bits per heavy atom. The van der Waals surface area contributed by atoms with Gasteiger partial charge in [-0.05, 0) is 12.1 Å². The number of ether oxygens (including phenoxy) is 1. The smallest absolute Gasteiger partial charge is 0.311 e. The number of carbonyl (C=O) groups excluding carboxylic acids is 2. The fourth-order valence-electron chi connectivity index (χ4n) is 2.38. The minimum absolute atomic E-state index is 0.0494. The van der Waals surface area contributed by atoms with Gasteiger partial charge in [-0.3, -0.25) is 9.59 Å². The number of hydrogen-bond acceptors (Lipinski definition) is 6. The zero-order valence-corrected chi connectivity index (χ0v) is 12.1. The number of esters is 1. The summed E-state index contributed by atoms with van der Waals surface area (Å²) in [6.45, 7) is 1.94. The Bertz CT molecular complexity index is 683. The van der Waals surface area contributed by atoms with E-state index in [-0.39, 0.29) is 18.9 Å². The van der Waals surface area contributed by atoms with Crippen LogP contribution in [0.4, 0.5) is 5.69 Å². The maximum atomic E-state index is 12.1. The Morgan fingerprint density at radius 2 is 2.18 bits per heavy atom. The molecule has 2 aromatic rings. The lowest BCUT2D eigenvalue weighted by atomic mass is 10.1. The van der Waals surface area contributed by atoms with Gasteiger partial charge < -0.3 is 14.2 Å². The molecule has 0 aliphatic carbocycles. The second-order valence-corrected chi connectivity index (χ2v) is 5.08. The Hall–Kier alpha value is -2.70. The van der Waals surface area contributed by atoms with E-state index >= 15 is 0 Å². The average molecular weight is 301 g/mol. The van der Waals surface area contributed by atoms with Gasteiger partial charge in [0.2, 0.25) is 17.6 Å². The molecule has 0 radical (unpaired) electrons. The molecule has 1 amide bonds. The minimum atomic E-state index is -0.472. The fraction of sp³-hybridized carbons (Fsp3) is 0.333. The summed E-state index contributed by atoms with van der Waals surface area (Å²) in [4.78, 5) is 29.7. The standard InChI is InChI=1S/C15H15N3O4/c1-10-16-13(17-22-10)9-21-15(20)11-7-14(19)18(8-11)12-5-3-2-4-6-12/h2-6,11H,7-9H2,1H3/t11-/m1/s1. The van der Waals surface area contributed by atoms with Crippen LogP contribution in [0.1, 0.15) is 18.1 Å². The van der Waals surface area contributed by atoms with Gasteiger partial charge >= 0.3 is 5.97 Å². The van der Waals surface area contributed by atoms with E-state index in [2.05, 4.69) is 10.1 Å². The van der Waals surface area contributed by atoms with E-state index in [0.717, 1.165) is 5.69 Å². The lowest BCUT2D eigenvalue weighted by molar-refractivity contribution is -0.149. The molecule has 3 rings (SSSR count). The zero-order chi connectivity index (χ0) is 15.5. The number of carbonyl (C=O) groups is 2. The van der Waals surface area contributed by atoms with Crippen LogP contribution in [-0.2, 0) is 20.9 Å². The van der Waals surface area contributed by atoms with Crippen LogP contribution in [0.5, 0.6) is 0 Å². The molecule has 1 aliphatic heterocycles. The van der Waals surface area contributed by atoms with Gasteiger partial charge in [0.1, 0.15) is 0 Å². The maximum absolute atomic E-state index is 12.1. The van der Waals surface area contributed by atoms with Crippen LogP contribution < -0.4 is 4.90 Å². The number of aryl methyl sites for hydroxylation is 1. The highest BCUT2D eigenvalue weighted by atomic mass is 16.5. The zero-order valence-electron chi connectivity index (χ0n) is 12.1. The molecule has 0 bridgehead atoms. The van der Waals surface area contributed by atoms with Crippen molar-refractivity contribution in [3.8, 4) is 0 Å².